The van der Waals surface area contributed by atoms with Gasteiger partial charge in [-0.25, -0.2) is 5.84 Å². The van der Waals surface area contributed by atoms with Gasteiger partial charge in [0.15, 0.2) is 0 Å². The van der Waals surface area contributed by atoms with Crippen molar-refractivity contribution < 1.29 is 0 Å². The van der Waals surface area contributed by atoms with Gasteiger partial charge in [0.05, 0.1) is 5.69 Å². The van der Waals surface area contributed by atoms with E-state index in [1.54, 1.807) is 0 Å². The van der Waals surface area contributed by atoms with Crippen molar-refractivity contribution in [3.8, 4) is 11.1 Å². The summed E-state index contributed by atoms with van der Waals surface area (Å²) in [6.07, 6.45) is 0. The van der Waals surface area contributed by atoms with Crippen LogP contribution in [-0.2, 0) is 0 Å². The minimum atomic E-state index is 0.448. The van der Waals surface area contributed by atoms with Crippen LogP contribution >= 0.6 is 0 Å². The number of nitrogens with zero attached hydrogens (tertiary/aromatic N) is 1. The highest BCUT2D eigenvalue weighted by Crippen LogP contribution is 2.38. The number of hydrazine groups is 1. The number of rotatable bonds is 0. The Balaban J connectivity index is 2.30. The van der Waals surface area contributed by atoms with Gasteiger partial charge in [-0.15, -0.1) is 0 Å². The third-order valence-electron chi connectivity index (χ3n) is 3.47. The number of para-hydroxylation sites is 1. The fourth-order valence-electron chi connectivity index (χ4n) is 2.62. The summed E-state index contributed by atoms with van der Waals surface area (Å²) in [5, 5.41) is 1.86. The molecule has 0 amide bonds. The van der Waals surface area contributed by atoms with E-state index in [-0.39, 0.29) is 0 Å². The van der Waals surface area contributed by atoms with Crippen molar-refractivity contribution in [2.24, 2.45) is 5.84 Å². The lowest BCUT2D eigenvalue weighted by atomic mass is 9.93. The summed E-state index contributed by atoms with van der Waals surface area (Å²) in [5.41, 5.74) is 5.04. The molecule has 0 saturated heterocycles. The molecule has 1 aliphatic rings. The van der Waals surface area contributed by atoms with Crippen LogP contribution in [0, 0.1) is 0 Å². The fourth-order valence-corrected chi connectivity index (χ4v) is 2.62. The van der Waals surface area contributed by atoms with Crippen molar-refractivity contribution >= 4 is 5.69 Å². The summed E-state index contributed by atoms with van der Waals surface area (Å²) in [4.78, 5) is 0. The second-order valence-electron chi connectivity index (χ2n) is 4.66. The van der Waals surface area contributed by atoms with Crippen LogP contribution in [0.15, 0.2) is 48.5 Å². The first-order chi connectivity index (χ1) is 8.27. The number of benzene rings is 2. The summed E-state index contributed by atoms with van der Waals surface area (Å²) < 4.78 is 0. The second kappa shape index (κ2) is 3.90. The normalized spacial score (nSPS) is 18.2. The highest BCUT2D eigenvalue weighted by molar-refractivity contribution is 5.82. The van der Waals surface area contributed by atoms with E-state index in [1.807, 2.05) is 11.1 Å². The Bertz CT molecular complexity index is 499. The van der Waals surface area contributed by atoms with Crippen LogP contribution in [0.25, 0.3) is 11.1 Å². The molecule has 2 aromatic rings. The molecule has 1 unspecified atom stereocenters. The molecule has 1 heterocycles. The smallest absolute Gasteiger partial charge is 0.0595 e. The zero-order chi connectivity index (χ0) is 11.8. The molecular weight excluding hydrogens is 208 g/mol. The van der Waals surface area contributed by atoms with Crippen LogP contribution in [0.3, 0.4) is 0 Å². The fraction of sp³-hybridized carbons (Fsp3) is 0.200. The van der Waals surface area contributed by atoms with Crippen molar-refractivity contribution in [3.05, 3.63) is 54.1 Å². The molecule has 0 aliphatic carbocycles. The Kier molecular flexibility index (Phi) is 2.37. The Morgan fingerprint density at radius 1 is 1.00 bits per heavy atom. The minimum absolute atomic E-state index is 0.448. The highest BCUT2D eigenvalue weighted by atomic mass is 15.4. The number of nitrogens with two attached hydrogens (primary N) is 1. The number of hydrogen-bond acceptors (Lipinski definition) is 2. The Morgan fingerprint density at radius 2 is 1.65 bits per heavy atom. The molecule has 0 radical (unpaired) electrons. The van der Waals surface area contributed by atoms with E-state index in [2.05, 4.69) is 49.4 Å². The van der Waals surface area contributed by atoms with Gasteiger partial charge in [-0.2, -0.15) is 0 Å². The first-order valence-corrected chi connectivity index (χ1v) is 5.98. The van der Waals surface area contributed by atoms with E-state index >= 15 is 0 Å². The van der Waals surface area contributed by atoms with E-state index in [9.17, 15) is 0 Å². The van der Waals surface area contributed by atoms with Crippen molar-refractivity contribution in [1.29, 1.82) is 0 Å². The van der Waals surface area contributed by atoms with Gasteiger partial charge in [-0.3, -0.25) is 0 Å². The topological polar surface area (TPSA) is 29.3 Å². The number of anilines is 1. The molecule has 2 nitrogen and oxygen atoms in total. The molecule has 2 heteroatoms. The van der Waals surface area contributed by atoms with Crippen molar-refractivity contribution in [3.63, 3.8) is 0 Å². The largest absolute Gasteiger partial charge is 0.310 e. The minimum Gasteiger partial charge on any atom is -0.310 e. The average Bonchev–Trinajstić information content (AvgIpc) is 2.48. The maximum Gasteiger partial charge on any atom is 0.0595 e. The third kappa shape index (κ3) is 1.61. The van der Waals surface area contributed by atoms with Gasteiger partial charge < -0.3 is 5.01 Å². The molecule has 0 spiro atoms. The maximum absolute atomic E-state index is 6.15. The van der Waals surface area contributed by atoms with Crippen molar-refractivity contribution in [2.45, 2.75) is 12.8 Å². The van der Waals surface area contributed by atoms with Crippen LogP contribution < -0.4 is 10.9 Å². The third-order valence-corrected chi connectivity index (χ3v) is 3.47. The molecule has 1 aliphatic heterocycles. The Labute approximate surface area is 102 Å². The summed E-state index contributed by atoms with van der Waals surface area (Å²) >= 11 is 0. The van der Waals surface area contributed by atoms with Crippen LogP contribution in [0.2, 0.25) is 0 Å². The van der Waals surface area contributed by atoms with Gasteiger partial charge in [-0.1, -0.05) is 49.4 Å². The molecule has 2 aromatic carbocycles. The summed E-state index contributed by atoms with van der Waals surface area (Å²) in [5.74, 6) is 6.60. The van der Waals surface area contributed by atoms with E-state index in [4.69, 9.17) is 5.84 Å². The molecule has 0 fully saturated rings. The average molecular weight is 224 g/mol. The molecule has 1 atom stereocenters. The van der Waals surface area contributed by atoms with Gasteiger partial charge in [0.2, 0.25) is 0 Å². The predicted octanol–water partition coefficient (Wildman–Crippen LogP) is 3.15. The van der Waals surface area contributed by atoms with Crippen LogP contribution in [-0.4, -0.2) is 6.54 Å². The van der Waals surface area contributed by atoms with Gasteiger partial charge >= 0.3 is 0 Å². The van der Waals surface area contributed by atoms with E-state index in [0.717, 1.165) is 12.2 Å². The quantitative estimate of drug-likeness (QED) is 0.696. The van der Waals surface area contributed by atoms with Gasteiger partial charge in [0.25, 0.3) is 0 Å². The van der Waals surface area contributed by atoms with Crippen molar-refractivity contribution in [1.82, 2.24) is 0 Å². The Hall–Kier alpha value is -1.80. The second-order valence-corrected chi connectivity index (χ2v) is 4.66. The monoisotopic (exact) mass is 224 g/mol. The van der Waals surface area contributed by atoms with Crippen LogP contribution in [0.4, 0.5) is 5.69 Å². The molecule has 0 saturated carbocycles. The molecule has 3 rings (SSSR count). The number of hydrogen-bond donors (Lipinski definition) is 1. The van der Waals surface area contributed by atoms with Gasteiger partial charge in [0.1, 0.15) is 0 Å². The zero-order valence-electron chi connectivity index (χ0n) is 9.93. The zero-order valence-corrected chi connectivity index (χ0v) is 9.93. The van der Waals surface area contributed by atoms with E-state index in [0.29, 0.717) is 5.92 Å². The van der Waals surface area contributed by atoms with Crippen LogP contribution in [0.1, 0.15) is 18.4 Å². The molecule has 0 aromatic heterocycles. The lowest BCUT2D eigenvalue weighted by Gasteiger charge is -2.20. The molecule has 0 bridgehead atoms. The highest BCUT2D eigenvalue weighted by Gasteiger charge is 2.21. The molecule has 2 N–H and O–H groups in total. The van der Waals surface area contributed by atoms with Gasteiger partial charge in [-0.05, 0) is 17.2 Å². The molecule has 17 heavy (non-hydrogen) atoms. The van der Waals surface area contributed by atoms with E-state index in [1.165, 1.54) is 16.7 Å². The standard InChI is InChI=1S/C15H16N2/c1-11-10-17(16)15-9-5-4-8-14(15)13-7-3-2-6-12(11)13/h2-9,11H,10,16H2,1H3. The van der Waals surface area contributed by atoms with Crippen molar-refractivity contribution in [2.75, 3.05) is 11.6 Å². The molecular formula is C15H16N2. The predicted molar refractivity (Wildman–Crippen MR) is 71.8 cm³/mol. The summed E-state index contributed by atoms with van der Waals surface area (Å²) in [7, 11) is 0. The van der Waals surface area contributed by atoms with E-state index < -0.39 is 0 Å². The SMILES string of the molecule is CC1CN(N)c2ccccc2-c2ccccc21. The summed E-state index contributed by atoms with van der Waals surface area (Å²) in [6.45, 7) is 3.08. The maximum atomic E-state index is 6.15. The van der Waals surface area contributed by atoms with Gasteiger partial charge in [0, 0.05) is 18.0 Å². The summed E-state index contributed by atoms with van der Waals surface area (Å²) in [6, 6.07) is 16.9. The molecule has 86 valence electrons. The lowest BCUT2D eigenvalue weighted by molar-refractivity contribution is 0.716. The Morgan fingerprint density at radius 3 is 2.47 bits per heavy atom. The first-order valence-electron chi connectivity index (χ1n) is 5.98. The lowest BCUT2D eigenvalue weighted by Crippen LogP contribution is -2.33. The van der Waals surface area contributed by atoms with Crippen LogP contribution in [0.5, 0.6) is 0 Å². The number of fused-ring (bicyclic) bond motifs is 3. The first kappa shape index (κ1) is 10.4.